The normalized spacial score (nSPS) is 12.6. The molecule has 0 bridgehead atoms. The molecule has 1 amide bonds. The molecule has 0 saturated carbocycles. The van der Waals surface area contributed by atoms with E-state index in [1.165, 1.54) is 0 Å². The zero-order chi connectivity index (χ0) is 13.0. The van der Waals surface area contributed by atoms with Gasteiger partial charge in [0.2, 0.25) is 5.91 Å². The van der Waals surface area contributed by atoms with Crippen LogP contribution in [0.25, 0.3) is 0 Å². The van der Waals surface area contributed by atoms with Crippen molar-refractivity contribution in [2.75, 3.05) is 5.32 Å². The summed E-state index contributed by atoms with van der Waals surface area (Å²) in [5.74, 6) is 0.233. The van der Waals surface area contributed by atoms with Crippen molar-refractivity contribution in [3.8, 4) is 0 Å². The lowest BCUT2D eigenvalue weighted by atomic mass is 10.0. The summed E-state index contributed by atoms with van der Waals surface area (Å²) in [5.41, 5.74) is 6.62. The van der Waals surface area contributed by atoms with Crippen LogP contribution in [0.2, 0.25) is 5.02 Å². The van der Waals surface area contributed by atoms with Gasteiger partial charge in [0.15, 0.2) is 0 Å². The summed E-state index contributed by atoms with van der Waals surface area (Å²) in [7, 11) is 0. The fourth-order valence-electron chi connectivity index (χ4n) is 1.24. The first-order valence-electron chi connectivity index (χ1n) is 5.40. The van der Waals surface area contributed by atoms with Crippen molar-refractivity contribution in [3.63, 3.8) is 0 Å². The van der Waals surface area contributed by atoms with Gasteiger partial charge in [-0.2, -0.15) is 0 Å². The van der Waals surface area contributed by atoms with Crippen molar-refractivity contribution in [1.82, 2.24) is 0 Å². The van der Waals surface area contributed by atoms with Crippen LogP contribution in [0.3, 0.4) is 0 Å². The first-order valence-corrected chi connectivity index (χ1v) is 6.86. The van der Waals surface area contributed by atoms with Gasteiger partial charge in [-0.05, 0) is 46.7 Å². The van der Waals surface area contributed by atoms with Crippen LogP contribution in [0, 0.1) is 9.49 Å². The van der Waals surface area contributed by atoms with Gasteiger partial charge in [0.25, 0.3) is 0 Å². The topological polar surface area (TPSA) is 55.1 Å². The van der Waals surface area contributed by atoms with Gasteiger partial charge in [0, 0.05) is 21.1 Å². The molecule has 0 aliphatic heterocycles. The molecule has 3 N–H and O–H groups in total. The minimum atomic E-state index is -0.111. The largest absolute Gasteiger partial charge is 0.327 e. The second-order valence-electron chi connectivity index (χ2n) is 4.28. The lowest BCUT2D eigenvalue weighted by Gasteiger charge is -2.15. The molecule has 0 fully saturated rings. The Morgan fingerprint density at radius 3 is 2.71 bits per heavy atom. The van der Waals surface area contributed by atoms with Crippen molar-refractivity contribution in [3.05, 3.63) is 26.8 Å². The van der Waals surface area contributed by atoms with Gasteiger partial charge < -0.3 is 11.1 Å². The van der Waals surface area contributed by atoms with E-state index in [0.29, 0.717) is 17.4 Å². The van der Waals surface area contributed by atoms with E-state index in [0.717, 1.165) is 9.26 Å². The minimum absolute atomic E-state index is 0.0635. The third-order valence-electron chi connectivity index (χ3n) is 2.48. The molecule has 0 spiro atoms. The predicted molar refractivity (Wildman–Crippen MR) is 80.2 cm³/mol. The number of amides is 1. The number of hydrogen-bond donors (Lipinski definition) is 2. The Kier molecular flexibility index (Phi) is 5.69. The van der Waals surface area contributed by atoms with Crippen LogP contribution in [0.15, 0.2) is 18.2 Å². The molecular weight excluding hydrogens is 351 g/mol. The minimum Gasteiger partial charge on any atom is -0.327 e. The Labute approximate surface area is 120 Å². The van der Waals surface area contributed by atoms with E-state index in [1.54, 1.807) is 18.2 Å². The highest BCUT2D eigenvalue weighted by Gasteiger charge is 2.13. The van der Waals surface area contributed by atoms with Crippen molar-refractivity contribution < 1.29 is 4.79 Å². The summed E-state index contributed by atoms with van der Waals surface area (Å²) < 4.78 is 0.918. The van der Waals surface area contributed by atoms with Crippen LogP contribution in [-0.4, -0.2) is 11.9 Å². The van der Waals surface area contributed by atoms with Crippen molar-refractivity contribution in [2.45, 2.75) is 26.3 Å². The van der Waals surface area contributed by atoms with Crippen LogP contribution in [0.5, 0.6) is 0 Å². The summed E-state index contributed by atoms with van der Waals surface area (Å²) in [6.45, 7) is 4.01. The Morgan fingerprint density at radius 1 is 1.53 bits per heavy atom. The van der Waals surface area contributed by atoms with E-state index in [1.807, 2.05) is 13.8 Å². The van der Waals surface area contributed by atoms with Crippen LogP contribution in [-0.2, 0) is 4.79 Å². The first kappa shape index (κ1) is 14.7. The standard InChI is InChI=1S/C12H16ClIN2O/c1-7(2)10(15)6-12(17)16-11-4-3-8(13)5-9(11)14/h3-5,7,10H,6,15H2,1-2H3,(H,16,17). The zero-order valence-corrected chi connectivity index (χ0v) is 12.7. The number of rotatable bonds is 4. The molecule has 94 valence electrons. The summed E-state index contributed by atoms with van der Waals surface area (Å²) in [6, 6.07) is 5.24. The molecule has 0 aliphatic rings. The second kappa shape index (κ2) is 6.56. The molecule has 1 rings (SSSR count). The highest BCUT2D eigenvalue weighted by molar-refractivity contribution is 14.1. The van der Waals surface area contributed by atoms with Crippen LogP contribution >= 0.6 is 34.2 Å². The van der Waals surface area contributed by atoms with E-state index >= 15 is 0 Å². The summed E-state index contributed by atoms with van der Waals surface area (Å²) in [4.78, 5) is 11.7. The maximum absolute atomic E-state index is 11.7. The number of carbonyl (C=O) groups excluding carboxylic acids is 1. The molecule has 1 atom stereocenters. The molecule has 0 aliphatic carbocycles. The Hall–Kier alpha value is -0.330. The number of hydrogen-bond acceptors (Lipinski definition) is 2. The van der Waals surface area contributed by atoms with Gasteiger partial charge in [-0.15, -0.1) is 0 Å². The fourth-order valence-corrected chi connectivity index (χ4v) is 2.25. The van der Waals surface area contributed by atoms with Crippen molar-refractivity contribution in [2.24, 2.45) is 11.7 Å². The molecule has 0 aromatic heterocycles. The van der Waals surface area contributed by atoms with E-state index in [2.05, 4.69) is 27.9 Å². The monoisotopic (exact) mass is 366 g/mol. The smallest absolute Gasteiger partial charge is 0.225 e. The van der Waals surface area contributed by atoms with Gasteiger partial charge >= 0.3 is 0 Å². The molecule has 0 saturated heterocycles. The average Bonchev–Trinajstić information content (AvgIpc) is 2.22. The maximum Gasteiger partial charge on any atom is 0.225 e. The summed E-state index contributed by atoms with van der Waals surface area (Å²) in [6.07, 6.45) is 0.330. The highest BCUT2D eigenvalue weighted by atomic mass is 127. The van der Waals surface area contributed by atoms with Gasteiger partial charge in [0.1, 0.15) is 0 Å². The second-order valence-corrected chi connectivity index (χ2v) is 5.88. The number of nitrogens with one attached hydrogen (secondary N) is 1. The van der Waals surface area contributed by atoms with E-state index in [-0.39, 0.29) is 11.9 Å². The Balaban J connectivity index is 2.62. The molecule has 1 aromatic carbocycles. The lowest BCUT2D eigenvalue weighted by Crippen LogP contribution is -2.31. The maximum atomic E-state index is 11.7. The summed E-state index contributed by atoms with van der Waals surface area (Å²) in [5, 5.41) is 3.50. The average molecular weight is 367 g/mol. The van der Waals surface area contributed by atoms with Gasteiger partial charge in [0.05, 0.1) is 5.69 Å². The van der Waals surface area contributed by atoms with Crippen LogP contribution < -0.4 is 11.1 Å². The fraction of sp³-hybridized carbons (Fsp3) is 0.417. The van der Waals surface area contributed by atoms with E-state index in [9.17, 15) is 4.79 Å². The molecule has 0 radical (unpaired) electrons. The third kappa shape index (κ3) is 4.81. The van der Waals surface area contributed by atoms with Gasteiger partial charge in [-0.25, -0.2) is 0 Å². The van der Waals surface area contributed by atoms with Crippen LogP contribution in [0.4, 0.5) is 5.69 Å². The van der Waals surface area contributed by atoms with Gasteiger partial charge in [-0.1, -0.05) is 25.4 Å². The quantitative estimate of drug-likeness (QED) is 0.804. The summed E-state index contributed by atoms with van der Waals surface area (Å²) >= 11 is 7.98. The third-order valence-corrected chi connectivity index (χ3v) is 3.61. The number of anilines is 1. The van der Waals surface area contributed by atoms with E-state index < -0.39 is 0 Å². The number of halogens is 2. The molecule has 3 nitrogen and oxygen atoms in total. The van der Waals surface area contributed by atoms with Crippen molar-refractivity contribution in [1.29, 1.82) is 0 Å². The molecule has 1 unspecified atom stereocenters. The molecule has 1 aromatic rings. The molecular formula is C12H16ClIN2O. The SMILES string of the molecule is CC(C)C(N)CC(=O)Nc1ccc(Cl)cc1I. The lowest BCUT2D eigenvalue weighted by molar-refractivity contribution is -0.116. The van der Waals surface area contributed by atoms with Gasteiger partial charge in [-0.3, -0.25) is 4.79 Å². The first-order chi connectivity index (χ1) is 7.90. The molecule has 5 heteroatoms. The zero-order valence-electron chi connectivity index (χ0n) is 9.84. The number of benzene rings is 1. The molecule has 0 heterocycles. The Morgan fingerprint density at radius 2 is 2.18 bits per heavy atom. The number of carbonyl (C=O) groups is 1. The number of nitrogens with two attached hydrogens (primary N) is 1. The van der Waals surface area contributed by atoms with E-state index in [4.69, 9.17) is 17.3 Å². The van der Waals surface area contributed by atoms with Crippen molar-refractivity contribution >= 4 is 45.8 Å². The predicted octanol–water partition coefficient (Wildman–Crippen LogP) is 3.26. The molecule has 17 heavy (non-hydrogen) atoms. The highest BCUT2D eigenvalue weighted by Crippen LogP contribution is 2.22. The van der Waals surface area contributed by atoms with Crippen LogP contribution in [0.1, 0.15) is 20.3 Å². The Bertz CT molecular complexity index is 409.